The van der Waals surface area contributed by atoms with E-state index in [2.05, 4.69) is 5.32 Å². The number of fused-ring (bicyclic) bond motifs is 3. The Morgan fingerprint density at radius 3 is 2.48 bits per heavy atom. The number of anilines is 1. The molecule has 1 spiro atoms. The number of sulfonamides is 1. The maximum atomic E-state index is 13.4. The van der Waals surface area contributed by atoms with Crippen molar-refractivity contribution in [2.75, 3.05) is 24.2 Å². The van der Waals surface area contributed by atoms with Crippen LogP contribution in [0.4, 0.5) is 10.1 Å². The summed E-state index contributed by atoms with van der Waals surface area (Å²) in [5, 5.41) is 3.30. The SMILES string of the molecule is CNC(=O)c1c(-c2ccc(F)cc2)oc2cc3c(cc12)C1(CCCN3S(C)(=O)=O)CC1. The van der Waals surface area contributed by atoms with Crippen molar-refractivity contribution in [2.24, 2.45) is 0 Å². The van der Waals surface area contributed by atoms with Crippen LogP contribution in [0.2, 0.25) is 0 Å². The van der Waals surface area contributed by atoms with E-state index in [1.807, 2.05) is 6.07 Å². The van der Waals surface area contributed by atoms with Crippen LogP contribution in [0, 0.1) is 5.82 Å². The minimum Gasteiger partial charge on any atom is -0.455 e. The number of nitrogens with zero attached hydrogens (tertiary/aromatic N) is 1. The molecule has 3 aromatic rings. The van der Waals surface area contributed by atoms with E-state index in [0.717, 1.165) is 31.2 Å². The summed E-state index contributed by atoms with van der Waals surface area (Å²) in [7, 11) is -1.92. The number of benzene rings is 2. The first-order valence-corrected chi connectivity index (χ1v) is 12.2. The third-order valence-corrected chi connectivity index (χ3v) is 7.66. The van der Waals surface area contributed by atoms with E-state index in [0.29, 0.717) is 40.1 Å². The van der Waals surface area contributed by atoms with Crippen LogP contribution in [0.5, 0.6) is 0 Å². The quantitative estimate of drug-likeness (QED) is 0.660. The summed E-state index contributed by atoms with van der Waals surface area (Å²) in [4.78, 5) is 12.8. The number of furan rings is 1. The molecule has 1 amide bonds. The molecule has 1 saturated carbocycles. The summed E-state index contributed by atoms with van der Waals surface area (Å²) in [5.74, 6) is -0.353. The third kappa shape index (κ3) is 3.20. The second-order valence-corrected chi connectivity index (χ2v) is 10.4. The van der Waals surface area contributed by atoms with E-state index in [9.17, 15) is 17.6 Å². The smallest absolute Gasteiger partial charge is 0.255 e. The summed E-state index contributed by atoms with van der Waals surface area (Å²) in [5.41, 5.74) is 2.93. The average Bonchev–Trinajstić information content (AvgIpc) is 3.45. The zero-order valence-electron chi connectivity index (χ0n) is 17.4. The Kier molecular flexibility index (Phi) is 4.41. The number of carbonyl (C=O) groups is 1. The summed E-state index contributed by atoms with van der Waals surface area (Å²) in [6.07, 6.45) is 4.91. The number of carbonyl (C=O) groups excluding carboxylic acids is 1. The van der Waals surface area contributed by atoms with Crippen molar-refractivity contribution in [3.8, 4) is 11.3 Å². The van der Waals surface area contributed by atoms with Gasteiger partial charge >= 0.3 is 0 Å². The maximum Gasteiger partial charge on any atom is 0.255 e. The molecule has 0 radical (unpaired) electrons. The van der Waals surface area contributed by atoms with E-state index in [-0.39, 0.29) is 17.1 Å². The van der Waals surface area contributed by atoms with Crippen LogP contribution in [0.25, 0.3) is 22.3 Å². The number of nitrogens with one attached hydrogen (secondary N) is 1. The molecule has 162 valence electrons. The van der Waals surface area contributed by atoms with E-state index in [4.69, 9.17) is 4.42 Å². The van der Waals surface area contributed by atoms with E-state index in [1.165, 1.54) is 22.7 Å². The van der Waals surface area contributed by atoms with Gasteiger partial charge in [0, 0.05) is 30.6 Å². The lowest BCUT2D eigenvalue weighted by Crippen LogP contribution is -2.30. The van der Waals surface area contributed by atoms with Gasteiger partial charge in [-0.15, -0.1) is 0 Å². The topological polar surface area (TPSA) is 79.6 Å². The molecule has 0 unspecified atom stereocenters. The van der Waals surface area contributed by atoms with Crippen molar-refractivity contribution in [2.45, 2.75) is 31.1 Å². The Hall–Kier alpha value is -2.87. The van der Waals surface area contributed by atoms with Gasteiger partial charge in [-0.3, -0.25) is 9.10 Å². The fraction of sp³-hybridized carbons (Fsp3) is 0.348. The molecule has 0 atom stereocenters. The standard InChI is InChI=1S/C23H23FN2O4S/c1-25-22(27)20-16-12-17-18(26(31(2,28)29)11-3-8-23(17)9-10-23)13-19(16)30-21(20)14-4-6-15(24)7-5-14/h4-7,12-13H,3,8-11H2,1-2H3,(H,25,27). The van der Waals surface area contributed by atoms with Crippen molar-refractivity contribution in [3.63, 3.8) is 0 Å². The molecule has 0 bridgehead atoms. The molecule has 2 aromatic carbocycles. The van der Waals surface area contributed by atoms with E-state index < -0.39 is 10.0 Å². The van der Waals surface area contributed by atoms with Crippen molar-refractivity contribution in [1.82, 2.24) is 5.32 Å². The molecule has 5 rings (SSSR count). The minimum absolute atomic E-state index is 0.0454. The van der Waals surface area contributed by atoms with Gasteiger partial charge < -0.3 is 9.73 Å². The van der Waals surface area contributed by atoms with E-state index in [1.54, 1.807) is 25.2 Å². The van der Waals surface area contributed by atoms with Gasteiger partial charge in [0.25, 0.3) is 5.91 Å². The van der Waals surface area contributed by atoms with Crippen LogP contribution in [-0.4, -0.2) is 34.2 Å². The molecular weight excluding hydrogens is 419 g/mol. The Morgan fingerprint density at radius 2 is 1.87 bits per heavy atom. The number of halogens is 1. The number of hydrogen-bond donors (Lipinski definition) is 1. The van der Waals surface area contributed by atoms with Crippen molar-refractivity contribution < 1.29 is 22.0 Å². The molecule has 6 nitrogen and oxygen atoms in total. The molecule has 1 N–H and O–H groups in total. The van der Waals surface area contributed by atoms with Crippen LogP contribution < -0.4 is 9.62 Å². The molecule has 2 aliphatic rings. The normalized spacial score (nSPS) is 17.5. The largest absolute Gasteiger partial charge is 0.455 e. The van der Waals surface area contributed by atoms with Crippen LogP contribution >= 0.6 is 0 Å². The average molecular weight is 443 g/mol. The Morgan fingerprint density at radius 1 is 1.16 bits per heavy atom. The highest BCUT2D eigenvalue weighted by atomic mass is 32.2. The summed E-state index contributed by atoms with van der Waals surface area (Å²) >= 11 is 0. The molecular formula is C23H23FN2O4S. The monoisotopic (exact) mass is 442 g/mol. The second kappa shape index (κ2) is 6.82. The van der Waals surface area contributed by atoms with Gasteiger partial charge in [0.2, 0.25) is 10.0 Å². The van der Waals surface area contributed by atoms with Crippen molar-refractivity contribution >= 4 is 32.6 Å². The predicted molar refractivity (Wildman–Crippen MR) is 117 cm³/mol. The van der Waals surface area contributed by atoms with Crippen LogP contribution in [0.3, 0.4) is 0 Å². The van der Waals surface area contributed by atoms with Crippen molar-refractivity contribution in [1.29, 1.82) is 0 Å². The lowest BCUT2D eigenvalue weighted by molar-refractivity contribution is 0.0964. The zero-order valence-corrected chi connectivity index (χ0v) is 18.2. The van der Waals surface area contributed by atoms with Gasteiger partial charge in [-0.05, 0) is 67.0 Å². The van der Waals surface area contributed by atoms with Gasteiger partial charge in [-0.25, -0.2) is 12.8 Å². The third-order valence-electron chi connectivity index (χ3n) is 6.48. The highest BCUT2D eigenvalue weighted by Crippen LogP contribution is 2.57. The molecule has 1 aliphatic carbocycles. The highest BCUT2D eigenvalue weighted by molar-refractivity contribution is 7.92. The first-order valence-electron chi connectivity index (χ1n) is 10.3. The number of hydrogen-bond acceptors (Lipinski definition) is 4. The van der Waals surface area contributed by atoms with Gasteiger partial charge in [-0.1, -0.05) is 0 Å². The Bertz CT molecular complexity index is 1310. The van der Waals surface area contributed by atoms with Crippen LogP contribution in [-0.2, 0) is 15.4 Å². The first kappa shape index (κ1) is 20.1. The number of amides is 1. The van der Waals surface area contributed by atoms with Crippen LogP contribution in [0.1, 0.15) is 41.6 Å². The highest BCUT2D eigenvalue weighted by Gasteiger charge is 2.48. The maximum absolute atomic E-state index is 13.4. The summed E-state index contributed by atoms with van der Waals surface area (Å²) < 4.78 is 46.1. The second-order valence-electron chi connectivity index (χ2n) is 8.48. The summed E-state index contributed by atoms with van der Waals surface area (Å²) in [6, 6.07) is 9.44. The molecule has 0 saturated heterocycles. The molecule has 1 fully saturated rings. The van der Waals surface area contributed by atoms with E-state index >= 15 is 0 Å². The fourth-order valence-electron chi connectivity index (χ4n) is 4.75. The van der Waals surface area contributed by atoms with Gasteiger partial charge in [0.15, 0.2) is 0 Å². The minimum atomic E-state index is -3.46. The lowest BCUT2D eigenvalue weighted by atomic mass is 9.89. The molecule has 2 heterocycles. The first-order chi connectivity index (χ1) is 14.7. The predicted octanol–water partition coefficient (Wildman–Crippen LogP) is 4.19. The molecule has 31 heavy (non-hydrogen) atoms. The van der Waals surface area contributed by atoms with Gasteiger partial charge in [0.05, 0.1) is 17.5 Å². The summed E-state index contributed by atoms with van der Waals surface area (Å²) in [6.45, 7) is 0.424. The van der Waals surface area contributed by atoms with Crippen molar-refractivity contribution in [3.05, 3.63) is 53.3 Å². The molecule has 1 aliphatic heterocycles. The molecule has 1 aromatic heterocycles. The zero-order chi connectivity index (χ0) is 22.0. The Balaban J connectivity index is 1.81. The lowest BCUT2D eigenvalue weighted by Gasteiger charge is -2.23. The molecule has 8 heteroatoms. The van der Waals surface area contributed by atoms with Crippen LogP contribution in [0.15, 0.2) is 40.8 Å². The van der Waals surface area contributed by atoms with Gasteiger partial charge in [0.1, 0.15) is 17.2 Å². The van der Waals surface area contributed by atoms with Gasteiger partial charge in [-0.2, -0.15) is 0 Å². The number of rotatable bonds is 3. The fourth-order valence-corrected chi connectivity index (χ4v) is 5.72. The Labute approximate surface area is 180 Å².